The summed E-state index contributed by atoms with van der Waals surface area (Å²) in [6.07, 6.45) is 0. The number of nitrogens with two attached hydrogens (primary N) is 1. The van der Waals surface area contributed by atoms with Gasteiger partial charge in [-0.15, -0.1) is 0 Å². The van der Waals surface area contributed by atoms with Crippen LogP contribution in [0.3, 0.4) is 0 Å². The van der Waals surface area contributed by atoms with Crippen molar-refractivity contribution >= 4 is 21.7 Å². The van der Waals surface area contributed by atoms with Gasteiger partial charge in [0.05, 0.1) is 12.3 Å². The number of primary sulfonamides is 1. The molecule has 2 rings (SSSR count). The standard InChI is InChI=1S/C12H18N4O2S/c1-8-5-10(7-19(13,17)18)9(2)11(6-8)16-12-14-3-4-15-12/h5-6H,3-4,7H2,1-2H3,(H2,13,17,18)(H2,14,15,16). The van der Waals surface area contributed by atoms with Crippen LogP contribution in [0, 0.1) is 13.8 Å². The van der Waals surface area contributed by atoms with Crippen LogP contribution < -0.4 is 15.8 Å². The predicted octanol–water partition coefficient (Wildman–Crippen LogP) is 0.463. The number of benzene rings is 1. The van der Waals surface area contributed by atoms with Crippen LogP contribution in [0.5, 0.6) is 0 Å². The van der Waals surface area contributed by atoms with E-state index in [0.717, 1.165) is 35.9 Å². The maximum Gasteiger partial charge on any atom is 0.213 e. The Bertz CT molecular complexity index is 623. The molecule has 104 valence electrons. The first-order valence-electron chi connectivity index (χ1n) is 6.01. The van der Waals surface area contributed by atoms with Crippen molar-refractivity contribution in [2.45, 2.75) is 19.6 Å². The van der Waals surface area contributed by atoms with Gasteiger partial charge in [-0.05, 0) is 36.6 Å². The minimum Gasteiger partial charge on any atom is -0.354 e. The topological polar surface area (TPSA) is 96.6 Å². The molecule has 1 aromatic carbocycles. The van der Waals surface area contributed by atoms with Crippen LogP contribution in [-0.2, 0) is 15.8 Å². The fourth-order valence-electron chi connectivity index (χ4n) is 2.04. The molecular formula is C12H18N4O2S. The molecule has 0 aliphatic carbocycles. The van der Waals surface area contributed by atoms with Crippen molar-refractivity contribution in [3.05, 3.63) is 28.8 Å². The number of aryl methyl sites for hydroxylation is 1. The monoisotopic (exact) mass is 282 g/mol. The molecule has 4 N–H and O–H groups in total. The minimum absolute atomic E-state index is 0.158. The fourth-order valence-corrected chi connectivity index (χ4v) is 2.77. The van der Waals surface area contributed by atoms with Crippen molar-refractivity contribution in [1.82, 2.24) is 5.32 Å². The Balaban J connectivity index is 2.33. The minimum atomic E-state index is -3.53. The van der Waals surface area contributed by atoms with Gasteiger partial charge in [0.15, 0.2) is 5.96 Å². The average molecular weight is 282 g/mol. The van der Waals surface area contributed by atoms with Crippen molar-refractivity contribution in [3.63, 3.8) is 0 Å². The molecule has 19 heavy (non-hydrogen) atoms. The Kier molecular flexibility index (Phi) is 3.77. The number of guanidine groups is 1. The molecule has 0 radical (unpaired) electrons. The quantitative estimate of drug-likeness (QED) is 0.750. The van der Waals surface area contributed by atoms with Crippen molar-refractivity contribution in [1.29, 1.82) is 0 Å². The lowest BCUT2D eigenvalue weighted by atomic mass is 10.0. The normalized spacial score (nSPS) is 15.0. The van der Waals surface area contributed by atoms with E-state index in [1.165, 1.54) is 0 Å². The number of sulfonamides is 1. The molecule has 1 aliphatic heterocycles. The van der Waals surface area contributed by atoms with Crippen LogP contribution in [0.4, 0.5) is 5.69 Å². The highest BCUT2D eigenvalue weighted by Crippen LogP contribution is 2.23. The number of hydrogen-bond acceptors (Lipinski definition) is 5. The van der Waals surface area contributed by atoms with Gasteiger partial charge in [0.25, 0.3) is 0 Å². The average Bonchev–Trinajstić information content (AvgIpc) is 2.75. The Morgan fingerprint density at radius 1 is 1.42 bits per heavy atom. The molecule has 1 heterocycles. The third-order valence-electron chi connectivity index (χ3n) is 2.94. The zero-order chi connectivity index (χ0) is 14.0. The van der Waals surface area contributed by atoms with Gasteiger partial charge in [0.2, 0.25) is 10.0 Å². The first-order chi connectivity index (χ1) is 8.85. The summed E-state index contributed by atoms with van der Waals surface area (Å²) >= 11 is 0. The Hall–Kier alpha value is -1.60. The molecule has 0 aromatic heterocycles. The van der Waals surface area contributed by atoms with E-state index in [-0.39, 0.29) is 5.75 Å². The molecule has 0 spiro atoms. The van der Waals surface area contributed by atoms with E-state index in [4.69, 9.17) is 5.14 Å². The zero-order valence-corrected chi connectivity index (χ0v) is 11.8. The second-order valence-corrected chi connectivity index (χ2v) is 6.30. The van der Waals surface area contributed by atoms with E-state index in [0.29, 0.717) is 5.56 Å². The molecule has 1 aliphatic rings. The van der Waals surface area contributed by atoms with Gasteiger partial charge in [-0.25, -0.2) is 13.6 Å². The maximum atomic E-state index is 11.2. The summed E-state index contributed by atoms with van der Waals surface area (Å²) in [7, 11) is -3.53. The van der Waals surface area contributed by atoms with Crippen LogP contribution in [0.1, 0.15) is 16.7 Å². The number of aliphatic imine (C=N–C) groups is 1. The second kappa shape index (κ2) is 5.18. The largest absolute Gasteiger partial charge is 0.354 e. The Morgan fingerprint density at radius 2 is 2.16 bits per heavy atom. The van der Waals surface area contributed by atoms with Crippen molar-refractivity contribution in [3.8, 4) is 0 Å². The lowest BCUT2D eigenvalue weighted by Crippen LogP contribution is -2.26. The molecule has 6 nitrogen and oxygen atoms in total. The molecule has 7 heteroatoms. The van der Waals surface area contributed by atoms with Crippen LogP contribution in [0.15, 0.2) is 17.1 Å². The lowest BCUT2D eigenvalue weighted by molar-refractivity contribution is 0.597. The smallest absolute Gasteiger partial charge is 0.213 e. The van der Waals surface area contributed by atoms with Gasteiger partial charge in [-0.2, -0.15) is 0 Å². The summed E-state index contributed by atoms with van der Waals surface area (Å²) in [5, 5.41) is 11.4. The van der Waals surface area contributed by atoms with E-state index in [2.05, 4.69) is 15.6 Å². The van der Waals surface area contributed by atoms with Gasteiger partial charge < -0.3 is 10.6 Å². The van der Waals surface area contributed by atoms with Gasteiger partial charge >= 0.3 is 0 Å². The van der Waals surface area contributed by atoms with E-state index in [9.17, 15) is 8.42 Å². The van der Waals surface area contributed by atoms with E-state index < -0.39 is 10.0 Å². The van der Waals surface area contributed by atoms with E-state index in [1.54, 1.807) is 0 Å². The Labute approximate surface area is 113 Å². The highest BCUT2D eigenvalue weighted by atomic mass is 32.2. The summed E-state index contributed by atoms with van der Waals surface area (Å²) in [5.41, 5.74) is 3.41. The van der Waals surface area contributed by atoms with Crippen LogP contribution in [-0.4, -0.2) is 27.5 Å². The number of rotatable bonds is 3. The lowest BCUT2D eigenvalue weighted by Gasteiger charge is -2.14. The maximum absolute atomic E-state index is 11.2. The van der Waals surface area contributed by atoms with Gasteiger partial charge in [-0.1, -0.05) is 6.07 Å². The first kappa shape index (κ1) is 13.8. The van der Waals surface area contributed by atoms with E-state index in [1.807, 2.05) is 26.0 Å². The number of nitrogens with zero attached hydrogens (tertiary/aromatic N) is 1. The van der Waals surface area contributed by atoms with Crippen molar-refractivity contribution in [2.24, 2.45) is 10.1 Å². The molecule has 0 saturated carbocycles. The zero-order valence-electron chi connectivity index (χ0n) is 11.0. The summed E-state index contributed by atoms with van der Waals surface area (Å²) < 4.78 is 22.5. The van der Waals surface area contributed by atoms with Crippen molar-refractivity contribution in [2.75, 3.05) is 18.4 Å². The third-order valence-corrected chi connectivity index (χ3v) is 3.66. The van der Waals surface area contributed by atoms with Gasteiger partial charge in [0, 0.05) is 12.2 Å². The predicted molar refractivity (Wildman–Crippen MR) is 76.7 cm³/mol. The summed E-state index contributed by atoms with van der Waals surface area (Å²) in [6.45, 7) is 5.35. The van der Waals surface area contributed by atoms with Crippen molar-refractivity contribution < 1.29 is 8.42 Å². The number of nitrogens with one attached hydrogen (secondary N) is 2. The number of hydrogen-bond donors (Lipinski definition) is 3. The summed E-state index contributed by atoms with van der Waals surface area (Å²) in [6, 6.07) is 3.80. The summed E-state index contributed by atoms with van der Waals surface area (Å²) in [5.74, 6) is 0.560. The molecule has 0 fully saturated rings. The Morgan fingerprint density at radius 3 is 2.74 bits per heavy atom. The highest BCUT2D eigenvalue weighted by Gasteiger charge is 2.13. The molecule has 0 unspecified atom stereocenters. The van der Waals surface area contributed by atoms with Gasteiger partial charge in [0.1, 0.15) is 0 Å². The summed E-state index contributed by atoms with van der Waals surface area (Å²) in [4.78, 5) is 4.26. The molecule has 1 aromatic rings. The van der Waals surface area contributed by atoms with Gasteiger partial charge in [-0.3, -0.25) is 4.99 Å². The SMILES string of the molecule is Cc1cc(CS(N)(=O)=O)c(C)c(NC2=NCCN2)c1. The molecule has 0 bridgehead atoms. The highest BCUT2D eigenvalue weighted by molar-refractivity contribution is 7.88. The molecule has 0 amide bonds. The van der Waals surface area contributed by atoms with Crippen LogP contribution >= 0.6 is 0 Å². The third kappa shape index (κ3) is 3.68. The molecule has 0 saturated heterocycles. The van der Waals surface area contributed by atoms with Crippen LogP contribution in [0.2, 0.25) is 0 Å². The number of anilines is 1. The molecular weight excluding hydrogens is 264 g/mol. The van der Waals surface area contributed by atoms with E-state index >= 15 is 0 Å². The first-order valence-corrected chi connectivity index (χ1v) is 7.72. The molecule has 0 atom stereocenters. The fraction of sp³-hybridized carbons (Fsp3) is 0.417. The van der Waals surface area contributed by atoms with Crippen LogP contribution in [0.25, 0.3) is 0 Å². The second-order valence-electron chi connectivity index (χ2n) is 4.69.